The van der Waals surface area contributed by atoms with Crippen molar-refractivity contribution in [2.75, 3.05) is 12.4 Å². The van der Waals surface area contributed by atoms with Gasteiger partial charge in [-0.15, -0.1) is 11.8 Å². The smallest absolute Gasteiger partial charge is 0.205 e. The van der Waals surface area contributed by atoms with Gasteiger partial charge >= 0.3 is 0 Å². The molecule has 0 saturated heterocycles. The van der Waals surface area contributed by atoms with Crippen molar-refractivity contribution >= 4 is 23.3 Å². The normalized spacial score (nSPS) is 16.7. The molecule has 0 saturated carbocycles. The molecule has 118 valence electrons. The van der Waals surface area contributed by atoms with E-state index in [0.717, 1.165) is 18.6 Å². The fourth-order valence-electron chi connectivity index (χ4n) is 2.24. The Morgan fingerprint density at radius 2 is 2.22 bits per heavy atom. The predicted molar refractivity (Wildman–Crippen MR) is 89.3 cm³/mol. The molecule has 0 aliphatic heterocycles. The molecular weight excluding hydrogens is 312 g/mol. The zero-order valence-electron chi connectivity index (χ0n) is 12.5. The maximum Gasteiger partial charge on any atom is 0.205 e. The molecule has 0 amide bonds. The van der Waals surface area contributed by atoms with Gasteiger partial charge in [-0.2, -0.15) is 5.10 Å². The highest BCUT2D eigenvalue weighted by molar-refractivity contribution is 8.04. The molecule has 2 aliphatic carbocycles. The highest BCUT2D eigenvalue weighted by Crippen LogP contribution is 2.27. The van der Waals surface area contributed by atoms with E-state index in [0.29, 0.717) is 22.8 Å². The summed E-state index contributed by atoms with van der Waals surface area (Å²) in [4.78, 5) is 24.6. The van der Waals surface area contributed by atoms with Crippen LogP contribution >= 0.6 is 11.8 Å². The zero-order chi connectivity index (χ0) is 16.1. The molecule has 0 unspecified atom stereocenters. The van der Waals surface area contributed by atoms with Gasteiger partial charge in [0.25, 0.3) is 0 Å². The number of aromatic nitrogens is 2. The maximum absolute atomic E-state index is 12.2. The molecule has 0 fully saturated rings. The molecular formula is C17H16N2O3S. The third kappa shape index (κ3) is 3.71. The lowest BCUT2D eigenvalue weighted by molar-refractivity contribution is 0.0989. The van der Waals surface area contributed by atoms with E-state index >= 15 is 0 Å². The van der Waals surface area contributed by atoms with Crippen molar-refractivity contribution in [2.45, 2.75) is 12.8 Å². The Balaban J connectivity index is 1.45. The van der Waals surface area contributed by atoms with Crippen LogP contribution in [0.5, 0.6) is 0 Å². The largest absolute Gasteiger partial charge is 0.494 e. The summed E-state index contributed by atoms with van der Waals surface area (Å²) < 4.78 is 5.68. The third-order valence-corrected chi connectivity index (χ3v) is 4.50. The number of carbonyl (C=O) groups excluding carboxylic acids is 2. The Bertz CT molecular complexity index is 741. The molecule has 0 bridgehead atoms. The summed E-state index contributed by atoms with van der Waals surface area (Å²) in [6.07, 6.45) is 14.4. The van der Waals surface area contributed by atoms with Gasteiger partial charge in [0, 0.05) is 11.8 Å². The van der Waals surface area contributed by atoms with Gasteiger partial charge in [0.1, 0.15) is 11.5 Å². The molecule has 1 aromatic rings. The second-order valence-corrected chi connectivity index (χ2v) is 6.18. The topological polar surface area (TPSA) is 72.1 Å². The van der Waals surface area contributed by atoms with Gasteiger partial charge in [-0.05, 0) is 25.0 Å². The Morgan fingerprint density at radius 1 is 1.30 bits per heavy atom. The van der Waals surface area contributed by atoms with E-state index in [1.807, 2.05) is 24.3 Å². The molecule has 6 heteroatoms. The van der Waals surface area contributed by atoms with Crippen molar-refractivity contribution in [1.29, 1.82) is 0 Å². The molecule has 23 heavy (non-hydrogen) atoms. The van der Waals surface area contributed by atoms with Gasteiger partial charge < -0.3 is 4.74 Å². The van der Waals surface area contributed by atoms with Crippen LogP contribution in [0.15, 0.2) is 53.3 Å². The van der Waals surface area contributed by atoms with Crippen LogP contribution in [0.2, 0.25) is 0 Å². The Morgan fingerprint density at radius 3 is 3.13 bits per heavy atom. The minimum atomic E-state index is -0.197. The molecule has 0 spiro atoms. The second-order valence-electron chi connectivity index (χ2n) is 5.04. The molecule has 2 aliphatic rings. The number of H-pyrrole nitrogens is 1. The number of allylic oxidation sites excluding steroid dienone is 7. The number of fused-ring (bicyclic) bond motifs is 1. The lowest BCUT2D eigenvalue weighted by Crippen LogP contribution is -2.14. The molecule has 5 nitrogen and oxygen atoms in total. The van der Waals surface area contributed by atoms with E-state index < -0.39 is 0 Å². The summed E-state index contributed by atoms with van der Waals surface area (Å²) in [5, 5.41) is 6.33. The minimum absolute atomic E-state index is 0.139. The minimum Gasteiger partial charge on any atom is -0.494 e. The van der Waals surface area contributed by atoms with Crippen LogP contribution in [-0.2, 0) is 4.74 Å². The molecule has 1 N–H and O–H groups in total. The fourth-order valence-corrected chi connectivity index (χ4v) is 3.15. The van der Waals surface area contributed by atoms with Crippen LogP contribution in [0.4, 0.5) is 0 Å². The van der Waals surface area contributed by atoms with Crippen LogP contribution in [0.25, 0.3) is 0 Å². The quantitative estimate of drug-likeness (QED) is 0.812. The summed E-state index contributed by atoms with van der Waals surface area (Å²) in [5.74, 6) is 1.25. The number of rotatable bonds is 6. The maximum atomic E-state index is 12.2. The summed E-state index contributed by atoms with van der Waals surface area (Å²) in [7, 11) is 0. The number of thioether (sulfide) groups is 1. The van der Waals surface area contributed by atoms with Gasteiger partial charge in [0.15, 0.2) is 0 Å². The van der Waals surface area contributed by atoms with Crippen molar-refractivity contribution in [3.05, 3.63) is 64.6 Å². The molecule has 0 radical (unpaired) electrons. The number of nitrogens with zero attached hydrogens (tertiary/aromatic N) is 1. The summed E-state index contributed by atoms with van der Waals surface area (Å²) in [6, 6.07) is 0. The summed E-state index contributed by atoms with van der Waals surface area (Å²) >= 11 is 1.39. The lowest BCUT2D eigenvalue weighted by atomic mass is 10.0. The monoisotopic (exact) mass is 328 g/mol. The number of nitrogens with one attached hydrogen (secondary N) is 1. The van der Waals surface area contributed by atoms with E-state index in [9.17, 15) is 9.59 Å². The SMILES string of the molecule is O=C1C(SCCCOC2=CCC=CC=C2)=CC(=O)c2[nH]ncc21. The zero-order valence-corrected chi connectivity index (χ0v) is 13.3. The number of carbonyl (C=O) groups is 2. The van der Waals surface area contributed by atoms with Crippen LogP contribution < -0.4 is 0 Å². The number of Topliss-reactive ketones (excluding diaryl/α,β-unsaturated/α-hetero) is 1. The summed E-state index contributed by atoms with van der Waals surface area (Å²) in [6.45, 7) is 0.579. The highest BCUT2D eigenvalue weighted by atomic mass is 32.2. The van der Waals surface area contributed by atoms with Crippen LogP contribution in [0.1, 0.15) is 33.7 Å². The number of hydrogen-bond donors (Lipinski definition) is 1. The van der Waals surface area contributed by atoms with E-state index in [-0.39, 0.29) is 17.3 Å². The van der Waals surface area contributed by atoms with Crippen LogP contribution in [0, 0.1) is 0 Å². The van der Waals surface area contributed by atoms with Gasteiger partial charge in [-0.1, -0.05) is 18.2 Å². The van der Waals surface area contributed by atoms with E-state index in [4.69, 9.17) is 4.74 Å². The van der Waals surface area contributed by atoms with Crippen LogP contribution in [-0.4, -0.2) is 34.1 Å². The Labute approximate surface area is 138 Å². The molecule has 3 rings (SSSR count). The summed E-state index contributed by atoms with van der Waals surface area (Å²) in [5.41, 5.74) is 0.640. The first kappa shape index (κ1) is 15.6. The van der Waals surface area contributed by atoms with E-state index in [1.165, 1.54) is 24.0 Å². The van der Waals surface area contributed by atoms with Crippen LogP contribution in [0.3, 0.4) is 0 Å². The van der Waals surface area contributed by atoms with E-state index in [1.54, 1.807) is 0 Å². The molecule has 1 aromatic heterocycles. The van der Waals surface area contributed by atoms with Crippen molar-refractivity contribution in [2.24, 2.45) is 0 Å². The Hall–Kier alpha value is -2.34. The Kier molecular flexibility index (Phi) is 4.92. The first-order chi connectivity index (χ1) is 11.3. The van der Waals surface area contributed by atoms with Gasteiger partial charge in [0.2, 0.25) is 11.6 Å². The number of ketones is 2. The number of aromatic amines is 1. The molecule has 0 atom stereocenters. The standard InChI is InChI=1S/C17H16N2O3S/c20-14-10-15(17(21)13-11-18-19-16(13)14)23-9-5-8-22-12-6-3-1-2-4-7-12/h1-3,6-7,10-11H,4-5,8-9H2,(H,18,19). The molecule has 1 heterocycles. The fraction of sp³-hybridized carbons (Fsp3) is 0.235. The lowest BCUT2D eigenvalue weighted by Gasteiger charge is -2.11. The van der Waals surface area contributed by atoms with Gasteiger partial charge in [0.05, 0.1) is 23.3 Å². The van der Waals surface area contributed by atoms with Crippen molar-refractivity contribution in [3.8, 4) is 0 Å². The van der Waals surface area contributed by atoms with Crippen molar-refractivity contribution in [1.82, 2.24) is 10.2 Å². The molecule has 0 aromatic carbocycles. The van der Waals surface area contributed by atoms with Crippen molar-refractivity contribution < 1.29 is 14.3 Å². The average molecular weight is 328 g/mol. The average Bonchev–Trinajstić information content (AvgIpc) is 2.91. The van der Waals surface area contributed by atoms with Gasteiger partial charge in [-0.25, -0.2) is 0 Å². The number of hydrogen-bond acceptors (Lipinski definition) is 5. The first-order valence-electron chi connectivity index (χ1n) is 7.39. The highest BCUT2D eigenvalue weighted by Gasteiger charge is 2.27. The van der Waals surface area contributed by atoms with Crippen molar-refractivity contribution in [3.63, 3.8) is 0 Å². The predicted octanol–water partition coefficient (Wildman–Crippen LogP) is 3.21. The van der Waals surface area contributed by atoms with Gasteiger partial charge in [-0.3, -0.25) is 14.7 Å². The number of ether oxygens (including phenoxy) is 1. The van der Waals surface area contributed by atoms with E-state index in [2.05, 4.69) is 16.3 Å². The second kappa shape index (κ2) is 7.28. The first-order valence-corrected chi connectivity index (χ1v) is 8.37. The third-order valence-electron chi connectivity index (χ3n) is 3.39.